The highest BCUT2D eigenvalue weighted by Gasteiger charge is 2.15. The molecule has 1 heterocycles. The molecule has 1 amide bonds. The number of aromatic nitrogens is 3. The first-order valence-electron chi connectivity index (χ1n) is 8.65. The Morgan fingerprint density at radius 1 is 1.10 bits per heavy atom. The molecule has 10 heteroatoms. The van der Waals surface area contributed by atoms with Crippen molar-refractivity contribution in [1.29, 1.82) is 0 Å². The van der Waals surface area contributed by atoms with E-state index in [0.717, 1.165) is 5.75 Å². The SMILES string of the molecule is CCn1c(COc2ccccc2)nnc1SCC(=O)Nc1cc(Cl)c(Cl)cc1Cl. The lowest BCUT2D eigenvalue weighted by Gasteiger charge is -2.10. The fourth-order valence-electron chi connectivity index (χ4n) is 2.45. The number of carbonyl (C=O) groups excluding carboxylic acids is 1. The van der Waals surface area contributed by atoms with Gasteiger partial charge in [-0.05, 0) is 31.2 Å². The van der Waals surface area contributed by atoms with Gasteiger partial charge in [-0.25, -0.2) is 0 Å². The Morgan fingerprint density at radius 2 is 1.83 bits per heavy atom. The minimum Gasteiger partial charge on any atom is -0.486 e. The molecule has 3 aromatic rings. The fraction of sp³-hybridized carbons (Fsp3) is 0.211. The Bertz CT molecular complexity index is 999. The molecular formula is C19H17Cl3N4O2S. The van der Waals surface area contributed by atoms with Crippen molar-refractivity contribution < 1.29 is 9.53 Å². The quantitative estimate of drug-likeness (QED) is 0.344. The smallest absolute Gasteiger partial charge is 0.234 e. The maximum Gasteiger partial charge on any atom is 0.234 e. The molecule has 0 aliphatic carbocycles. The van der Waals surface area contributed by atoms with Crippen LogP contribution in [-0.4, -0.2) is 26.4 Å². The highest BCUT2D eigenvalue weighted by atomic mass is 35.5. The average molecular weight is 472 g/mol. The third kappa shape index (κ3) is 5.79. The Kier molecular flexibility index (Phi) is 7.66. The molecule has 0 atom stereocenters. The van der Waals surface area contributed by atoms with Crippen LogP contribution in [0.5, 0.6) is 5.75 Å². The van der Waals surface area contributed by atoms with Gasteiger partial charge in [-0.15, -0.1) is 10.2 Å². The average Bonchev–Trinajstić information content (AvgIpc) is 3.11. The number of carbonyl (C=O) groups is 1. The number of nitrogens with one attached hydrogen (secondary N) is 1. The normalized spacial score (nSPS) is 10.8. The van der Waals surface area contributed by atoms with Gasteiger partial charge in [0.25, 0.3) is 0 Å². The van der Waals surface area contributed by atoms with Crippen molar-refractivity contribution in [1.82, 2.24) is 14.8 Å². The van der Waals surface area contributed by atoms with Crippen LogP contribution < -0.4 is 10.1 Å². The number of ether oxygens (including phenoxy) is 1. The molecule has 0 aliphatic heterocycles. The van der Waals surface area contributed by atoms with E-state index in [9.17, 15) is 4.79 Å². The molecule has 0 radical (unpaired) electrons. The van der Waals surface area contributed by atoms with E-state index in [1.54, 1.807) is 0 Å². The molecular weight excluding hydrogens is 455 g/mol. The molecule has 2 aromatic carbocycles. The number of rotatable bonds is 8. The first-order chi connectivity index (χ1) is 14.0. The summed E-state index contributed by atoms with van der Waals surface area (Å²) < 4.78 is 7.65. The van der Waals surface area contributed by atoms with E-state index in [-0.39, 0.29) is 18.3 Å². The van der Waals surface area contributed by atoms with E-state index in [1.807, 2.05) is 41.8 Å². The molecule has 0 unspecified atom stereocenters. The molecule has 0 spiro atoms. The minimum atomic E-state index is -0.247. The number of para-hydroxylation sites is 1. The largest absolute Gasteiger partial charge is 0.486 e. The van der Waals surface area contributed by atoms with E-state index in [0.29, 0.717) is 38.3 Å². The molecule has 0 fully saturated rings. The molecule has 152 valence electrons. The van der Waals surface area contributed by atoms with Crippen LogP contribution in [0.1, 0.15) is 12.7 Å². The van der Waals surface area contributed by atoms with Crippen molar-refractivity contribution >= 4 is 58.2 Å². The Labute approximate surface area is 187 Å². The van der Waals surface area contributed by atoms with Crippen LogP contribution in [0.2, 0.25) is 15.1 Å². The van der Waals surface area contributed by atoms with Gasteiger partial charge in [0.1, 0.15) is 12.4 Å². The zero-order valence-corrected chi connectivity index (χ0v) is 18.4. The molecule has 0 aliphatic rings. The predicted octanol–water partition coefficient (Wildman–Crippen LogP) is 5.57. The number of anilines is 1. The molecule has 0 saturated heterocycles. The maximum atomic E-state index is 12.3. The van der Waals surface area contributed by atoms with Crippen LogP contribution >= 0.6 is 46.6 Å². The van der Waals surface area contributed by atoms with Gasteiger partial charge in [-0.3, -0.25) is 4.79 Å². The Morgan fingerprint density at radius 3 is 2.55 bits per heavy atom. The van der Waals surface area contributed by atoms with Gasteiger partial charge in [-0.1, -0.05) is 64.8 Å². The summed E-state index contributed by atoms with van der Waals surface area (Å²) in [5.74, 6) is 1.33. The van der Waals surface area contributed by atoms with Gasteiger partial charge in [0.2, 0.25) is 5.91 Å². The highest BCUT2D eigenvalue weighted by molar-refractivity contribution is 7.99. The van der Waals surface area contributed by atoms with Crippen molar-refractivity contribution in [2.24, 2.45) is 0 Å². The van der Waals surface area contributed by atoms with Crippen molar-refractivity contribution in [2.75, 3.05) is 11.1 Å². The van der Waals surface area contributed by atoms with Crippen LogP contribution in [0.25, 0.3) is 0 Å². The molecule has 29 heavy (non-hydrogen) atoms. The molecule has 6 nitrogen and oxygen atoms in total. The second kappa shape index (κ2) is 10.2. The summed E-state index contributed by atoms with van der Waals surface area (Å²) in [6.07, 6.45) is 0. The van der Waals surface area contributed by atoms with Crippen molar-refractivity contribution in [3.05, 3.63) is 63.4 Å². The Balaban J connectivity index is 1.59. The van der Waals surface area contributed by atoms with Gasteiger partial charge >= 0.3 is 0 Å². The fourth-order valence-corrected chi connectivity index (χ4v) is 3.86. The predicted molar refractivity (Wildman–Crippen MR) is 117 cm³/mol. The van der Waals surface area contributed by atoms with Gasteiger partial charge < -0.3 is 14.6 Å². The minimum absolute atomic E-state index is 0.133. The summed E-state index contributed by atoms with van der Waals surface area (Å²) in [6, 6.07) is 12.5. The van der Waals surface area contributed by atoms with Gasteiger partial charge in [-0.2, -0.15) is 0 Å². The summed E-state index contributed by atoms with van der Waals surface area (Å²) in [5, 5.41) is 12.7. The summed E-state index contributed by atoms with van der Waals surface area (Å²) in [6.45, 7) is 2.93. The van der Waals surface area contributed by atoms with Gasteiger partial charge in [0, 0.05) is 6.54 Å². The standard InChI is InChI=1S/C19H17Cl3N4O2S/c1-2-26-17(10-28-12-6-4-3-5-7-12)24-25-19(26)29-11-18(27)23-16-9-14(21)13(20)8-15(16)22/h3-9H,2,10-11H2,1H3,(H,23,27). The van der Waals surface area contributed by atoms with Crippen LogP contribution in [0, 0.1) is 0 Å². The molecule has 3 rings (SSSR count). The van der Waals surface area contributed by atoms with E-state index in [4.69, 9.17) is 39.5 Å². The summed E-state index contributed by atoms with van der Waals surface area (Å²) in [4.78, 5) is 12.3. The number of hydrogen-bond donors (Lipinski definition) is 1. The second-order valence-electron chi connectivity index (χ2n) is 5.83. The number of benzene rings is 2. The zero-order valence-electron chi connectivity index (χ0n) is 15.4. The van der Waals surface area contributed by atoms with E-state index in [1.165, 1.54) is 23.9 Å². The zero-order chi connectivity index (χ0) is 20.8. The Hall–Kier alpha value is -1.93. The topological polar surface area (TPSA) is 69.0 Å². The first-order valence-corrected chi connectivity index (χ1v) is 10.8. The van der Waals surface area contributed by atoms with Crippen molar-refractivity contribution in [2.45, 2.75) is 25.2 Å². The second-order valence-corrected chi connectivity index (χ2v) is 7.99. The monoisotopic (exact) mass is 470 g/mol. The number of thioether (sulfide) groups is 1. The lowest BCUT2D eigenvalue weighted by molar-refractivity contribution is -0.113. The third-order valence-corrected chi connectivity index (χ3v) is 5.84. The molecule has 1 aromatic heterocycles. The van der Waals surface area contributed by atoms with Crippen molar-refractivity contribution in [3.63, 3.8) is 0 Å². The number of hydrogen-bond acceptors (Lipinski definition) is 5. The van der Waals surface area contributed by atoms with Crippen LogP contribution in [-0.2, 0) is 17.9 Å². The molecule has 0 saturated carbocycles. The number of amides is 1. The lowest BCUT2D eigenvalue weighted by atomic mass is 10.3. The summed E-state index contributed by atoms with van der Waals surface area (Å²) >= 11 is 19.2. The summed E-state index contributed by atoms with van der Waals surface area (Å²) in [7, 11) is 0. The van der Waals surface area contributed by atoms with Crippen LogP contribution in [0.3, 0.4) is 0 Å². The van der Waals surface area contributed by atoms with Crippen molar-refractivity contribution in [3.8, 4) is 5.75 Å². The molecule has 0 bridgehead atoms. The van der Waals surface area contributed by atoms with E-state index < -0.39 is 0 Å². The highest BCUT2D eigenvalue weighted by Crippen LogP contribution is 2.32. The third-order valence-electron chi connectivity index (χ3n) is 3.84. The van der Waals surface area contributed by atoms with Crippen LogP contribution in [0.15, 0.2) is 47.6 Å². The van der Waals surface area contributed by atoms with Crippen LogP contribution in [0.4, 0.5) is 5.69 Å². The summed E-state index contributed by atoms with van der Waals surface area (Å²) in [5.41, 5.74) is 0.403. The maximum absolute atomic E-state index is 12.3. The van der Waals surface area contributed by atoms with Gasteiger partial charge in [0.15, 0.2) is 11.0 Å². The lowest BCUT2D eigenvalue weighted by Crippen LogP contribution is -2.15. The number of nitrogens with zero attached hydrogens (tertiary/aromatic N) is 3. The molecule has 1 N–H and O–H groups in total. The van der Waals surface area contributed by atoms with E-state index in [2.05, 4.69) is 15.5 Å². The van der Waals surface area contributed by atoms with E-state index >= 15 is 0 Å². The van der Waals surface area contributed by atoms with Gasteiger partial charge in [0.05, 0.1) is 26.5 Å². The number of halogens is 3. The first kappa shape index (κ1) is 21.8.